The Labute approximate surface area is 474 Å². The summed E-state index contributed by atoms with van der Waals surface area (Å²) in [6, 6.07) is 14.6. The van der Waals surface area contributed by atoms with Gasteiger partial charge in [0.15, 0.2) is 50.9 Å². The minimum absolute atomic E-state index is 0. The van der Waals surface area contributed by atoms with Gasteiger partial charge in [0, 0.05) is 54.5 Å². The second-order valence-electron chi connectivity index (χ2n) is 19.7. The second-order valence-corrected chi connectivity index (χ2v) is 21.0. The molecule has 0 bridgehead atoms. The van der Waals surface area contributed by atoms with E-state index in [2.05, 4.69) is 25.5 Å². The van der Waals surface area contributed by atoms with E-state index in [4.69, 9.17) is 56.8 Å². The van der Waals surface area contributed by atoms with Crippen LogP contribution in [0.15, 0.2) is 48.5 Å². The SMILES string of the molecule is COc1cc2c(cc1OC)[C@H](c1cc(OC)c(OC)c(OC)c1)[N@@+](C)(CCCOC(=O)CC1(C(=O)OCCC[N@+]3(C)CCc4cc(OC)c(OC)cc4[C@H]3Cc3cc(OC)c(OC)c(OC)c3)N[C@H](C(=O)O)CS1)CC2.[Cl-].[Cl-]. The normalized spacial score (nSPS) is 21.9. The van der Waals surface area contributed by atoms with E-state index in [1.165, 1.54) is 0 Å². The summed E-state index contributed by atoms with van der Waals surface area (Å²) in [5, 5.41) is 12.9. The number of hydrogen-bond donors (Lipinski definition) is 2. The molecular weight excluding hydrogens is 1070 g/mol. The number of likely N-dealkylation sites (N-methyl/N-ethyl adjacent to an activating group) is 2. The molecule has 7 rings (SSSR count). The number of benzene rings is 4. The van der Waals surface area contributed by atoms with Gasteiger partial charge in [-0.25, -0.2) is 4.79 Å². The maximum absolute atomic E-state index is 14.2. The lowest BCUT2D eigenvalue weighted by Crippen LogP contribution is -3.00. The number of carboxylic acids is 1. The maximum Gasteiger partial charge on any atom is 0.337 e. The molecule has 0 amide bonds. The van der Waals surface area contributed by atoms with Gasteiger partial charge < -0.3 is 95.7 Å². The van der Waals surface area contributed by atoms with Crippen molar-refractivity contribution in [2.45, 2.75) is 61.5 Å². The highest BCUT2D eigenvalue weighted by atomic mass is 35.5. The summed E-state index contributed by atoms with van der Waals surface area (Å²) in [6.07, 6.45) is 2.64. The van der Waals surface area contributed by atoms with Crippen molar-refractivity contribution in [1.29, 1.82) is 0 Å². The molecule has 4 aromatic carbocycles. The minimum atomic E-state index is -1.67. The number of halogens is 2. The lowest BCUT2D eigenvalue weighted by atomic mass is 9.85. The number of rotatable bonds is 25. The van der Waals surface area contributed by atoms with Crippen molar-refractivity contribution in [2.75, 3.05) is 130 Å². The van der Waals surface area contributed by atoms with E-state index in [0.717, 1.165) is 71.1 Å². The first-order chi connectivity index (χ1) is 36.5. The molecule has 0 saturated carbocycles. The summed E-state index contributed by atoms with van der Waals surface area (Å²) in [6.45, 7) is 2.82. The van der Waals surface area contributed by atoms with Gasteiger partial charge in [0.2, 0.25) is 11.5 Å². The van der Waals surface area contributed by atoms with Crippen LogP contribution in [-0.2, 0) is 43.1 Å². The van der Waals surface area contributed by atoms with E-state index in [0.29, 0.717) is 98.8 Å². The summed E-state index contributed by atoms with van der Waals surface area (Å²) in [4.78, 5) is 38.6. The van der Waals surface area contributed by atoms with E-state index in [1.54, 1.807) is 71.1 Å². The Morgan fingerprint density at radius 2 is 1.04 bits per heavy atom. The van der Waals surface area contributed by atoms with Crippen molar-refractivity contribution in [1.82, 2.24) is 5.32 Å². The Bertz CT molecular complexity index is 2700. The number of methoxy groups -OCH3 is 10. The van der Waals surface area contributed by atoms with Crippen LogP contribution >= 0.6 is 11.8 Å². The first kappa shape index (κ1) is 62.9. The molecule has 19 nitrogen and oxygen atoms in total. The number of quaternary nitrogens is 2. The standard InChI is InChI=1S/C56H74N3O16S.2ClH/c1-58(19-15-35-26-42(64-3)44(66-5)30-38(35)41(58)23-34-24-46(68-7)52(72-11)47(25-34)69-8)17-13-22-75-55(63)56(57-40(33-76-56)54(61)62)32-50(60)74-21-14-18-59(2)20-16-36-27-43(65-4)45(67-6)31-39(36)51(59)37-28-48(70-9)53(73-12)49(29-37)71-10;;/h24-31,40-41,51,57H,13-23,32-33H2,1-12H3;2*1H/q+1;;/p-1/t40-,41+,51-,56?,58+,59-;;/m0../s1. The molecule has 4 aromatic rings. The highest BCUT2D eigenvalue weighted by Crippen LogP contribution is 2.49. The number of nitrogens with one attached hydrogen (secondary N) is 1. The van der Waals surface area contributed by atoms with Crippen LogP contribution in [0.25, 0.3) is 0 Å². The zero-order valence-electron chi connectivity index (χ0n) is 46.7. The van der Waals surface area contributed by atoms with E-state index in [9.17, 15) is 19.5 Å². The third-order valence-electron chi connectivity index (χ3n) is 15.3. The van der Waals surface area contributed by atoms with Crippen molar-refractivity contribution in [3.8, 4) is 57.5 Å². The molecule has 3 aliphatic heterocycles. The number of esters is 2. The average Bonchev–Trinajstić information content (AvgIpc) is 3.95. The van der Waals surface area contributed by atoms with E-state index in [-0.39, 0.29) is 55.9 Å². The van der Waals surface area contributed by atoms with Gasteiger partial charge in [-0.1, -0.05) is 0 Å². The molecular formula is C56H75Cl2N3O16S. The van der Waals surface area contributed by atoms with Crippen molar-refractivity contribution < 1.29 is 110 Å². The third kappa shape index (κ3) is 13.1. The molecule has 0 aliphatic carbocycles. The van der Waals surface area contributed by atoms with Crippen LogP contribution in [0.4, 0.5) is 0 Å². The molecule has 1 saturated heterocycles. The fraction of sp³-hybridized carbons (Fsp3) is 0.518. The number of carbonyl (C=O) groups excluding carboxylic acids is 2. The molecule has 430 valence electrons. The monoisotopic (exact) mass is 1150 g/mol. The number of carbonyl (C=O) groups is 3. The summed E-state index contributed by atoms with van der Waals surface area (Å²) >= 11 is 1.05. The fourth-order valence-electron chi connectivity index (χ4n) is 11.3. The Balaban J connectivity index is 0.00000560. The van der Waals surface area contributed by atoms with Crippen molar-refractivity contribution >= 4 is 29.7 Å². The largest absolute Gasteiger partial charge is 1.00 e. The van der Waals surface area contributed by atoms with Crippen LogP contribution in [0, 0.1) is 0 Å². The lowest BCUT2D eigenvalue weighted by Gasteiger charge is -2.46. The van der Waals surface area contributed by atoms with Crippen LogP contribution in [0.5, 0.6) is 57.5 Å². The quantitative estimate of drug-likeness (QED) is 0.0532. The molecule has 0 aromatic heterocycles. The van der Waals surface area contributed by atoms with Gasteiger partial charge in [-0.15, -0.1) is 11.8 Å². The van der Waals surface area contributed by atoms with Crippen LogP contribution in [0.3, 0.4) is 0 Å². The lowest BCUT2D eigenvalue weighted by molar-refractivity contribution is -0.941. The van der Waals surface area contributed by atoms with E-state index in [1.807, 2.05) is 42.5 Å². The number of carboxylic acid groups (broad SMARTS) is 1. The first-order valence-corrected chi connectivity index (χ1v) is 26.2. The number of aliphatic carboxylic acids is 1. The van der Waals surface area contributed by atoms with Crippen molar-refractivity contribution in [3.63, 3.8) is 0 Å². The molecule has 1 fully saturated rings. The van der Waals surface area contributed by atoms with E-state index >= 15 is 0 Å². The smallest absolute Gasteiger partial charge is 0.337 e. The predicted octanol–water partition coefficient (Wildman–Crippen LogP) is 0.602. The zero-order valence-corrected chi connectivity index (χ0v) is 49.0. The number of fused-ring (bicyclic) bond motifs is 2. The van der Waals surface area contributed by atoms with Gasteiger partial charge in [-0.05, 0) is 65.2 Å². The van der Waals surface area contributed by atoms with Gasteiger partial charge in [-0.3, -0.25) is 14.9 Å². The summed E-state index contributed by atoms with van der Waals surface area (Å²) in [5.74, 6) is 3.18. The fourth-order valence-corrected chi connectivity index (χ4v) is 12.6. The molecule has 6 atom stereocenters. The molecule has 2 N–H and O–H groups in total. The number of ether oxygens (including phenoxy) is 12. The number of thioether (sulfide) groups is 1. The first-order valence-electron chi connectivity index (χ1n) is 25.3. The topological polar surface area (TPSA) is 194 Å². The third-order valence-corrected chi connectivity index (χ3v) is 16.7. The van der Waals surface area contributed by atoms with Gasteiger partial charge in [0.25, 0.3) is 0 Å². The van der Waals surface area contributed by atoms with Crippen LogP contribution < -0.4 is 77.5 Å². The van der Waals surface area contributed by atoms with Crippen molar-refractivity contribution in [2.24, 2.45) is 0 Å². The highest BCUT2D eigenvalue weighted by molar-refractivity contribution is 8.01. The minimum Gasteiger partial charge on any atom is -1.00 e. The molecule has 1 unspecified atom stereocenters. The highest BCUT2D eigenvalue weighted by Gasteiger charge is 2.51. The van der Waals surface area contributed by atoms with Crippen LogP contribution in [0.2, 0.25) is 0 Å². The molecule has 0 radical (unpaired) electrons. The Morgan fingerprint density at radius 3 is 1.53 bits per heavy atom. The predicted molar refractivity (Wildman–Crippen MR) is 284 cm³/mol. The molecule has 0 spiro atoms. The zero-order chi connectivity index (χ0) is 55.0. The van der Waals surface area contributed by atoms with E-state index < -0.39 is 35.2 Å². The number of hydrogen-bond acceptors (Lipinski definition) is 17. The summed E-state index contributed by atoms with van der Waals surface area (Å²) < 4.78 is 70.2. The van der Waals surface area contributed by atoms with Crippen molar-refractivity contribution in [3.05, 3.63) is 81.9 Å². The molecule has 3 aliphatic rings. The summed E-state index contributed by atoms with van der Waals surface area (Å²) in [7, 11) is 20.3. The second kappa shape index (κ2) is 27.3. The Kier molecular flexibility index (Phi) is 22.0. The molecule has 78 heavy (non-hydrogen) atoms. The average molecular weight is 1150 g/mol. The van der Waals surface area contributed by atoms with Gasteiger partial charge >= 0.3 is 17.9 Å². The Morgan fingerprint density at radius 1 is 0.590 bits per heavy atom. The van der Waals surface area contributed by atoms with Crippen LogP contribution in [-0.4, -0.2) is 173 Å². The van der Waals surface area contributed by atoms with Gasteiger partial charge in [0.1, 0.15) is 18.1 Å². The van der Waals surface area contributed by atoms with Gasteiger partial charge in [0.05, 0.1) is 131 Å². The Hall–Kier alpha value is -5.90. The molecule has 3 heterocycles. The van der Waals surface area contributed by atoms with Gasteiger partial charge in [-0.2, -0.15) is 0 Å². The summed E-state index contributed by atoms with van der Waals surface area (Å²) in [5.41, 5.74) is 6.32. The van der Waals surface area contributed by atoms with Crippen LogP contribution in [0.1, 0.15) is 64.7 Å². The number of nitrogens with zero attached hydrogens (tertiary/aromatic N) is 2. The maximum atomic E-state index is 14.2. The molecule has 22 heteroatoms.